The molecule has 1 heterocycles. The van der Waals surface area contributed by atoms with Gasteiger partial charge in [0.15, 0.2) is 5.58 Å². The Hall–Kier alpha value is -2.74. The average Bonchev–Trinajstić information content (AvgIpc) is 2.90. The number of para-hydroxylation sites is 1. The molecule has 4 rings (SSSR count). The van der Waals surface area contributed by atoms with Crippen LogP contribution in [-0.4, -0.2) is 0 Å². The molecule has 0 aliphatic heterocycles. The van der Waals surface area contributed by atoms with Crippen LogP contribution in [0.4, 0.5) is 5.69 Å². The molecule has 0 saturated heterocycles. The molecule has 21 heavy (non-hydrogen) atoms. The van der Waals surface area contributed by atoms with Crippen LogP contribution in [-0.2, 0) is 6.42 Å². The highest BCUT2D eigenvalue weighted by atomic mass is 16.3. The lowest BCUT2D eigenvalue weighted by Gasteiger charge is -2.03. The van der Waals surface area contributed by atoms with E-state index in [0.29, 0.717) is 5.69 Å². The molecule has 0 aliphatic rings. The van der Waals surface area contributed by atoms with Gasteiger partial charge in [-0.2, -0.15) is 0 Å². The summed E-state index contributed by atoms with van der Waals surface area (Å²) in [4.78, 5) is 0. The molecule has 0 amide bonds. The first-order valence-corrected chi connectivity index (χ1v) is 7.05. The van der Waals surface area contributed by atoms with Crippen LogP contribution in [0.5, 0.6) is 0 Å². The third-order valence-electron chi connectivity index (χ3n) is 3.88. The topological polar surface area (TPSA) is 39.2 Å². The van der Waals surface area contributed by atoms with Gasteiger partial charge in [0.25, 0.3) is 0 Å². The highest BCUT2D eigenvalue weighted by molar-refractivity contribution is 6.10. The first-order valence-electron chi connectivity index (χ1n) is 7.05. The van der Waals surface area contributed by atoms with Gasteiger partial charge in [-0.1, -0.05) is 54.6 Å². The Morgan fingerprint density at radius 1 is 0.810 bits per heavy atom. The number of nitrogens with two attached hydrogens (primary N) is 1. The maximum atomic E-state index is 6.03. The van der Waals surface area contributed by atoms with Crippen molar-refractivity contribution in [2.75, 3.05) is 5.73 Å². The smallest absolute Gasteiger partial charge is 0.158 e. The molecule has 2 heteroatoms. The standard InChI is InChI=1S/C19H15NO/c20-16-10-5-9-15-18-14(12-13-6-2-1-3-7-13)8-4-11-17(18)21-19(15)16/h1-11H,12,20H2. The molecule has 0 bridgehead atoms. The van der Waals surface area contributed by atoms with Crippen LogP contribution < -0.4 is 5.73 Å². The number of benzene rings is 3. The first kappa shape index (κ1) is 12.0. The zero-order valence-electron chi connectivity index (χ0n) is 11.5. The van der Waals surface area contributed by atoms with Crippen molar-refractivity contribution in [1.82, 2.24) is 0 Å². The SMILES string of the molecule is Nc1cccc2c1oc1cccc(Cc3ccccc3)c12. The summed E-state index contributed by atoms with van der Waals surface area (Å²) >= 11 is 0. The fourth-order valence-electron chi connectivity index (χ4n) is 2.91. The third-order valence-corrected chi connectivity index (χ3v) is 3.88. The van der Waals surface area contributed by atoms with Gasteiger partial charge in [0.1, 0.15) is 5.58 Å². The summed E-state index contributed by atoms with van der Waals surface area (Å²) in [5.41, 5.74) is 11.0. The molecule has 102 valence electrons. The minimum absolute atomic E-state index is 0.689. The Kier molecular flexibility index (Phi) is 2.68. The van der Waals surface area contributed by atoms with Gasteiger partial charge >= 0.3 is 0 Å². The second-order valence-corrected chi connectivity index (χ2v) is 5.28. The predicted octanol–water partition coefficient (Wildman–Crippen LogP) is 4.76. The summed E-state index contributed by atoms with van der Waals surface area (Å²) < 4.78 is 5.94. The Balaban J connectivity index is 1.97. The van der Waals surface area contributed by atoms with E-state index in [4.69, 9.17) is 10.2 Å². The summed E-state index contributed by atoms with van der Waals surface area (Å²) in [6.07, 6.45) is 0.890. The zero-order valence-corrected chi connectivity index (χ0v) is 11.5. The van der Waals surface area contributed by atoms with E-state index in [1.165, 1.54) is 16.5 Å². The quantitative estimate of drug-likeness (QED) is 0.535. The van der Waals surface area contributed by atoms with Crippen LogP contribution in [0.3, 0.4) is 0 Å². The van der Waals surface area contributed by atoms with Crippen molar-refractivity contribution >= 4 is 27.6 Å². The number of fused-ring (bicyclic) bond motifs is 3. The van der Waals surface area contributed by atoms with E-state index in [1.54, 1.807) is 0 Å². The number of nitrogen functional groups attached to an aromatic ring is 1. The Bertz CT molecular complexity index is 922. The fraction of sp³-hybridized carbons (Fsp3) is 0.0526. The molecule has 0 fully saturated rings. The molecule has 1 aromatic heterocycles. The van der Waals surface area contributed by atoms with E-state index >= 15 is 0 Å². The first-order chi connectivity index (χ1) is 10.3. The highest BCUT2D eigenvalue weighted by Gasteiger charge is 2.12. The Morgan fingerprint density at radius 2 is 1.62 bits per heavy atom. The molecule has 0 unspecified atom stereocenters. The van der Waals surface area contributed by atoms with E-state index in [0.717, 1.165) is 23.0 Å². The van der Waals surface area contributed by atoms with Gasteiger partial charge < -0.3 is 10.2 Å². The van der Waals surface area contributed by atoms with Gasteiger partial charge in [-0.15, -0.1) is 0 Å². The Labute approximate surface area is 122 Å². The molecule has 0 aliphatic carbocycles. The maximum Gasteiger partial charge on any atom is 0.158 e. The largest absolute Gasteiger partial charge is 0.454 e. The molecule has 0 spiro atoms. The van der Waals surface area contributed by atoms with Crippen molar-refractivity contribution in [3.63, 3.8) is 0 Å². The van der Waals surface area contributed by atoms with Gasteiger partial charge in [-0.05, 0) is 29.7 Å². The van der Waals surface area contributed by atoms with Crippen LogP contribution in [0.25, 0.3) is 21.9 Å². The molecule has 2 N–H and O–H groups in total. The fourth-order valence-corrected chi connectivity index (χ4v) is 2.91. The van der Waals surface area contributed by atoms with Crippen molar-refractivity contribution in [2.45, 2.75) is 6.42 Å². The molecule has 0 atom stereocenters. The minimum atomic E-state index is 0.689. The van der Waals surface area contributed by atoms with Crippen LogP contribution in [0.2, 0.25) is 0 Å². The summed E-state index contributed by atoms with van der Waals surface area (Å²) in [5, 5.41) is 2.26. The van der Waals surface area contributed by atoms with E-state index in [2.05, 4.69) is 36.4 Å². The van der Waals surface area contributed by atoms with Crippen LogP contribution >= 0.6 is 0 Å². The summed E-state index contributed by atoms with van der Waals surface area (Å²) in [6.45, 7) is 0. The predicted molar refractivity (Wildman–Crippen MR) is 87.4 cm³/mol. The highest BCUT2D eigenvalue weighted by Crippen LogP contribution is 2.34. The van der Waals surface area contributed by atoms with Crippen molar-refractivity contribution in [3.8, 4) is 0 Å². The van der Waals surface area contributed by atoms with Gasteiger partial charge in [0, 0.05) is 10.8 Å². The second kappa shape index (κ2) is 4.67. The van der Waals surface area contributed by atoms with Crippen LogP contribution in [0, 0.1) is 0 Å². The molecule has 0 saturated carbocycles. The Morgan fingerprint density at radius 3 is 2.48 bits per heavy atom. The van der Waals surface area contributed by atoms with E-state index < -0.39 is 0 Å². The van der Waals surface area contributed by atoms with Gasteiger partial charge in [-0.3, -0.25) is 0 Å². The monoisotopic (exact) mass is 273 g/mol. The van der Waals surface area contributed by atoms with Crippen molar-refractivity contribution in [1.29, 1.82) is 0 Å². The normalized spacial score (nSPS) is 11.2. The van der Waals surface area contributed by atoms with E-state index in [1.807, 2.05) is 30.3 Å². The third kappa shape index (κ3) is 1.96. The number of anilines is 1. The summed E-state index contributed by atoms with van der Waals surface area (Å²) in [5.74, 6) is 0. The van der Waals surface area contributed by atoms with Crippen molar-refractivity contribution in [3.05, 3.63) is 77.9 Å². The lowest BCUT2D eigenvalue weighted by molar-refractivity contribution is 0.670. The summed E-state index contributed by atoms with van der Waals surface area (Å²) in [7, 11) is 0. The van der Waals surface area contributed by atoms with E-state index in [9.17, 15) is 0 Å². The molecular formula is C19H15NO. The van der Waals surface area contributed by atoms with Crippen LogP contribution in [0.1, 0.15) is 11.1 Å². The zero-order chi connectivity index (χ0) is 14.2. The number of furan rings is 1. The summed E-state index contributed by atoms with van der Waals surface area (Å²) in [6, 6.07) is 22.6. The van der Waals surface area contributed by atoms with Crippen molar-refractivity contribution in [2.24, 2.45) is 0 Å². The second-order valence-electron chi connectivity index (χ2n) is 5.28. The molecule has 3 aromatic carbocycles. The molecule has 0 radical (unpaired) electrons. The molecule has 4 aromatic rings. The minimum Gasteiger partial charge on any atom is -0.454 e. The van der Waals surface area contributed by atoms with E-state index in [-0.39, 0.29) is 0 Å². The maximum absolute atomic E-state index is 6.03. The average molecular weight is 273 g/mol. The van der Waals surface area contributed by atoms with Crippen molar-refractivity contribution < 1.29 is 4.42 Å². The van der Waals surface area contributed by atoms with Gasteiger partial charge in [0.05, 0.1) is 5.69 Å². The lowest BCUT2D eigenvalue weighted by atomic mass is 9.99. The molecular weight excluding hydrogens is 258 g/mol. The number of rotatable bonds is 2. The lowest BCUT2D eigenvalue weighted by Crippen LogP contribution is -1.88. The molecule has 2 nitrogen and oxygen atoms in total. The van der Waals surface area contributed by atoms with Gasteiger partial charge in [-0.25, -0.2) is 0 Å². The number of hydrogen-bond acceptors (Lipinski definition) is 2. The number of hydrogen-bond donors (Lipinski definition) is 1. The van der Waals surface area contributed by atoms with Gasteiger partial charge in [0.2, 0.25) is 0 Å². The van der Waals surface area contributed by atoms with Crippen LogP contribution in [0.15, 0.2) is 71.1 Å².